The molecular weight excluding hydrogens is 471 g/mol. The Morgan fingerprint density at radius 2 is 1.89 bits per heavy atom. The minimum atomic E-state index is -0.569. The van der Waals surface area contributed by atoms with Crippen molar-refractivity contribution in [2.45, 2.75) is 19.6 Å². The van der Waals surface area contributed by atoms with E-state index in [1.54, 1.807) is 35.9 Å². The lowest BCUT2D eigenvalue weighted by molar-refractivity contribution is -0.113. The standard InChI is InChI=1S/C25H20ClFN6O2/c1-15-22(24(34)29-17-6-3-2-4-7-17)23(33-25(28-15)30-31-32-33)16-10-12-18(13-11-16)35-14-19-20(26)8-5-9-21(19)27/h2-13,23H,14H2,1H3,(H,29,34)(H,28,30,32). The lowest BCUT2D eigenvalue weighted by Gasteiger charge is -2.28. The van der Waals surface area contributed by atoms with Crippen molar-refractivity contribution in [3.8, 4) is 5.75 Å². The molecule has 0 fully saturated rings. The van der Waals surface area contributed by atoms with Gasteiger partial charge < -0.3 is 15.4 Å². The molecule has 2 N–H and O–H groups in total. The van der Waals surface area contributed by atoms with Crippen molar-refractivity contribution in [3.05, 3.63) is 106 Å². The van der Waals surface area contributed by atoms with Gasteiger partial charge in [-0.3, -0.25) is 4.79 Å². The summed E-state index contributed by atoms with van der Waals surface area (Å²) in [5, 5.41) is 18.2. The zero-order valence-electron chi connectivity index (χ0n) is 18.6. The minimum absolute atomic E-state index is 0.0148. The van der Waals surface area contributed by atoms with E-state index in [1.807, 2.05) is 42.5 Å². The number of hydrogen-bond donors (Lipinski definition) is 2. The number of aromatic nitrogens is 4. The molecule has 1 atom stereocenters. The van der Waals surface area contributed by atoms with E-state index >= 15 is 0 Å². The Bertz CT molecular complexity index is 1380. The van der Waals surface area contributed by atoms with Gasteiger partial charge in [0.05, 0.1) is 10.6 Å². The summed E-state index contributed by atoms with van der Waals surface area (Å²) in [6.07, 6.45) is 0. The summed E-state index contributed by atoms with van der Waals surface area (Å²) in [6, 6.07) is 20.3. The zero-order chi connectivity index (χ0) is 24.4. The van der Waals surface area contributed by atoms with E-state index in [-0.39, 0.29) is 18.1 Å². The van der Waals surface area contributed by atoms with E-state index in [9.17, 15) is 9.18 Å². The molecule has 1 aliphatic rings. The van der Waals surface area contributed by atoms with Crippen molar-refractivity contribution in [1.82, 2.24) is 20.2 Å². The Labute approximate surface area is 205 Å². The summed E-state index contributed by atoms with van der Waals surface area (Å²) in [5.74, 6) is 0.250. The summed E-state index contributed by atoms with van der Waals surface area (Å²) in [5.41, 5.74) is 2.84. The molecule has 1 aliphatic heterocycles. The molecule has 4 aromatic rings. The Morgan fingerprint density at radius 3 is 2.63 bits per heavy atom. The Morgan fingerprint density at radius 1 is 1.11 bits per heavy atom. The average Bonchev–Trinajstić information content (AvgIpc) is 3.32. The second kappa shape index (κ2) is 9.55. The first-order valence-corrected chi connectivity index (χ1v) is 11.2. The smallest absolute Gasteiger partial charge is 0.255 e. The largest absolute Gasteiger partial charge is 0.489 e. The first-order chi connectivity index (χ1) is 17.0. The van der Waals surface area contributed by atoms with E-state index in [2.05, 4.69) is 26.2 Å². The molecule has 2 heterocycles. The van der Waals surface area contributed by atoms with Crippen LogP contribution in [-0.4, -0.2) is 26.1 Å². The van der Waals surface area contributed by atoms with Gasteiger partial charge in [-0.15, -0.1) is 0 Å². The molecule has 1 unspecified atom stereocenters. The number of amides is 1. The van der Waals surface area contributed by atoms with Crippen molar-refractivity contribution in [2.75, 3.05) is 10.6 Å². The summed E-state index contributed by atoms with van der Waals surface area (Å²) in [6.45, 7) is 1.79. The van der Waals surface area contributed by atoms with Gasteiger partial charge in [-0.1, -0.05) is 53.1 Å². The number of para-hydroxylation sites is 1. The highest BCUT2D eigenvalue weighted by Crippen LogP contribution is 2.35. The lowest BCUT2D eigenvalue weighted by Crippen LogP contribution is -2.31. The van der Waals surface area contributed by atoms with Gasteiger partial charge in [0.15, 0.2) is 0 Å². The van der Waals surface area contributed by atoms with Crippen LogP contribution in [0.3, 0.4) is 0 Å². The predicted molar refractivity (Wildman–Crippen MR) is 130 cm³/mol. The highest BCUT2D eigenvalue weighted by Gasteiger charge is 2.34. The molecule has 3 aromatic carbocycles. The molecule has 0 saturated carbocycles. The highest BCUT2D eigenvalue weighted by molar-refractivity contribution is 6.31. The number of rotatable bonds is 6. The van der Waals surface area contributed by atoms with Crippen molar-refractivity contribution in [3.63, 3.8) is 0 Å². The quantitative estimate of drug-likeness (QED) is 0.396. The third-order valence-corrected chi connectivity index (χ3v) is 5.99. The molecule has 176 valence electrons. The van der Waals surface area contributed by atoms with Crippen molar-refractivity contribution in [1.29, 1.82) is 0 Å². The fourth-order valence-electron chi connectivity index (χ4n) is 3.91. The van der Waals surface area contributed by atoms with Gasteiger partial charge in [0.2, 0.25) is 5.95 Å². The van der Waals surface area contributed by atoms with Crippen LogP contribution < -0.4 is 15.4 Å². The van der Waals surface area contributed by atoms with Crippen LogP contribution in [0.15, 0.2) is 84.1 Å². The number of halogens is 2. The SMILES string of the molecule is CC1=C(C(=O)Nc2ccccc2)C(c2ccc(OCc3c(F)cccc3Cl)cc2)n2nnnc2N1. The monoisotopic (exact) mass is 490 g/mol. The van der Waals surface area contributed by atoms with Crippen LogP contribution in [0.25, 0.3) is 0 Å². The first-order valence-electron chi connectivity index (χ1n) is 10.8. The number of anilines is 2. The Kier molecular flexibility index (Phi) is 6.15. The van der Waals surface area contributed by atoms with Gasteiger partial charge >= 0.3 is 0 Å². The van der Waals surface area contributed by atoms with Gasteiger partial charge in [0.1, 0.15) is 24.2 Å². The number of allylic oxidation sites excluding steroid dienone is 1. The van der Waals surface area contributed by atoms with E-state index in [0.29, 0.717) is 33.7 Å². The number of nitrogens with zero attached hydrogens (tertiary/aromatic N) is 4. The van der Waals surface area contributed by atoms with Crippen LogP contribution in [0.5, 0.6) is 5.75 Å². The highest BCUT2D eigenvalue weighted by atomic mass is 35.5. The van der Waals surface area contributed by atoms with E-state index in [1.165, 1.54) is 6.07 Å². The number of tetrazole rings is 1. The third kappa shape index (κ3) is 4.58. The van der Waals surface area contributed by atoms with Gasteiger partial charge in [-0.25, -0.2) is 4.39 Å². The van der Waals surface area contributed by atoms with Crippen LogP contribution in [-0.2, 0) is 11.4 Å². The molecule has 8 nitrogen and oxygen atoms in total. The maximum atomic E-state index is 14.0. The Hall–Kier alpha value is -4.24. The molecule has 0 spiro atoms. The Balaban J connectivity index is 1.42. The van der Waals surface area contributed by atoms with Gasteiger partial charge in [-0.2, -0.15) is 4.68 Å². The fourth-order valence-corrected chi connectivity index (χ4v) is 4.12. The molecular formula is C25H20ClFN6O2. The molecule has 0 aliphatic carbocycles. The third-order valence-electron chi connectivity index (χ3n) is 5.63. The molecule has 0 saturated heterocycles. The second-order valence-electron chi connectivity index (χ2n) is 7.89. The number of carbonyl (C=O) groups is 1. The number of carbonyl (C=O) groups excluding carboxylic acids is 1. The number of nitrogens with one attached hydrogen (secondary N) is 2. The number of fused-ring (bicyclic) bond motifs is 1. The number of benzene rings is 3. The summed E-state index contributed by atoms with van der Waals surface area (Å²) >= 11 is 6.09. The maximum Gasteiger partial charge on any atom is 0.255 e. The van der Waals surface area contributed by atoms with Crippen LogP contribution in [0, 0.1) is 5.82 Å². The van der Waals surface area contributed by atoms with Crippen molar-refractivity contribution >= 4 is 29.1 Å². The topological polar surface area (TPSA) is 94.0 Å². The minimum Gasteiger partial charge on any atom is -0.489 e. The zero-order valence-corrected chi connectivity index (χ0v) is 19.3. The lowest BCUT2D eigenvalue weighted by atomic mass is 9.95. The van der Waals surface area contributed by atoms with E-state index in [0.717, 1.165) is 5.56 Å². The van der Waals surface area contributed by atoms with Crippen LogP contribution in [0.1, 0.15) is 24.1 Å². The van der Waals surface area contributed by atoms with Crippen molar-refractivity contribution in [2.24, 2.45) is 0 Å². The van der Waals surface area contributed by atoms with Gasteiger partial charge in [0.25, 0.3) is 5.91 Å². The van der Waals surface area contributed by atoms with Gasteiger partial charge in [-0.05, 0) is 59.3 Å². The molecule has 1 amide bonds. The van der Waals surface area contributed by atoms with E-state index < -0.39 is 11.9 Å². The molecule has 35 heavy (non-hydrogen) atoms. The number of ether oxygens (including phenoxy) is 1. The first kappa shape index (κ1) is 22.5. The van der Waals surface area contributed by atoms with Crippen molar-refractivity contribution < 1.29 is 13.9 Å². The van der Waals surface area contributed by atoms with Crippen LogP contribution in [0.2, 0.25) is 5.02 Å². The van der Waals surface area contributed by atoms with Gasteiger partial charge in [0, 0.05) is 16.9 Å². The average molecular weight is 491 g/mol. The fraction of sp³-hybridized carbons (Fsp3) is 0.120. The summed E-state index contributed by atoms with van der Waals surface area (Å²) in [7, 11) is 0. The molecule has 5 rings (SSSR count). The predicted octanol–water partition coefficient (Wildman–Crippen LogP) is 4.97. The van der Waals surface area contributed by atoms with Crippen LogP contribution in [0.4, 0.5) is 16.0 Å². The summed E-state index contributed by atoms with van der Waals surface area (Å²) < 4.78 is 21.4. The molecule has 1 aromatic heterocycles. The summed E-state index contributed by atoms with van der Waals surface area (Å²) in [4.78, 5) is 13.3. The van der Waals surface area contributed by atoms with E-state index in [4.69, 9.17) is 16.3 Å². The normalized spacial score (nSPS) is 14.8. The molecule has 0 radical (unpaired) electrons. The molecule has 10 heteroatoms. The number of hydrogen-bond acceptors (Lipinski definition) is 6. The second-order valence-corrected chi connectivity index (χ2v) is 8.30. The molecule has 0 bridgehead atoms. The maximum absolute atomic E-state index is 14.0. The van der Waals surface area contributed by atoms with Crippen LogP contribution >= 0.6 is 11.6 Å².